The van der Waals surface area contributed by atoms with Crippen LogP contribution < -0.4 is 11.1 Å². The van der Waals surface area contributed by atoms with Crippen molar-refractivity contribution in [3.05, 3.63) is 0 Å². The summed E-state index contributed by atoms with van der Waals surface area (Å²) in [6.45, 7) is 6.79. The first-order valence-electron chi connectivity index (χ1n) is 6.32. The molecule has 0 aliphatic carbocycles. The predicted octanol–water partition coefficient (Wildman–Crippen LogP) is 0.159. The van der Waals surface area contributed by atoms with E-state index in [9.17, 15) is 5.11 Å². The molecule has 0 aromatic rings. The van der Waals surface area contributed by atoms with Crippen molar-refractivity contribution in [3.8, 4) is 0 Å². The summed E-state index contributed by atoms with van der Waals surface area (Å²) in [5.41, 5.74) is 5.97. The van der Waals surface area contributed by atoms with Crippen molar-refractivity contribution >= 4 is 0 Å². The van der Waals surface area contributed by atoms with Crippen LogP contribution in [-0.2, 0) is 0 Å². The Labute approximate surface area is 99.2 Å². The number of nitrogens with one attached hydrogen (secondary N) is 1. The summed E-state index contributed by atoms with van der Waals surface area (Å²) in [6.07, 6.45) is 2.87. The first-order chi connectivity index (χ1) is 7.47. The lowest BCUT2D eigenvalue weighted by molar-refractivity contribution is 0.118. The van der Waals surface area contributed by atoms with Gasteiger partial charge in [0.1, 0.15) is 0 Å². The minimum atomic E-state index is -0.251. The molecule has 0 aromatic heterocycles. The zero-order valence-corrected chi connectivity index (χ0v) is 10.9. The van der Waals surface area contributed by atoms with Crippen LogP contribution in [0.2, 0.25) is 0 Å². The molecule has 3 atom stereocenters. The molecule has 1 rings (SSSR count). The maximum atomic E-state index is 9.38. The topological polar surface area (TPSA) is 61.5 Å². The number of aliphatic hydroxyl groups excluding tert-OH is 1. The third-order valence-electron chi connectivity index (χ3n) is 3.41. The number of nitrogens with two attached hydrogens (primary N) is 1. The lowest BCUT2D eigenvalue weighted by Gasteiger charge is -2.43. The molecule has 3 unspecified atom stereocenters. The Morgan fingerprint density at radius 3 is 2.69 bits per heavy atom. The summed E-state index contributed by atoms with van der Waals surface area (Å²) in [7, 11) is 2.14. The van der Waals surface area contributed by atoms with Crippen molar-refractivity contribution < 1.29 is 5.11 Å². The van der Waals surface area contributed by atoms with E-state index < -0.39 is 0 Å². The molecule has 4 nitrogen and oxygen atoms in total. The molecule has 1 heterocycles. The number of likely N-dealkylation sites (N-methyl/N-ethyl adjacent to an activating group) is 1. The van der Waals surface area contributed by atoms with E-state index in [1.165, 1.54) is 6.42 Å². The molecule has 0 aromatic carbocycles. The van der Waals surface area contributed by atoms with Gasteiger partial charge in [0, 0.05) is 24.7 Å². The minimum Gasteiger partial charge on any atom is -0.393 e. The molecule has 16 heavy (non-hydrogen) atoms. The zero-order chi connectivity index (χ0) is 12.2. The lowest BCUT2D eigenvalue weighted by Crippen LogP contribution is -2.62. The largest absolute Gasteiger partial charge is 0.393 e. The molecular weight excluding hydrogens is 202 g/mol. The highest BCUT2D eigenvalue weighted by Gasteiger charge is 2.33. The Kier molecular flexibility index (Phi) is 5.18. The number of hydrogen-bond acceptors (Lipinski definition) is 4. The fourth-order valence-corrected chi connectivity index (χ4v) is 2.80. The van der Waals surface area contributed by atoms with Crippen LogP contribution in [0.1, 0.15) is 33.1 Å². The van der Waals surface area contributed by atoms with Crippen LogP contribution in [0.3, 0.4) is 0 Å². The average Bonchev–Trinajstić information content (AvgIpc) is 2.16. The second-order valence-corrected chi connectivity index (χ2v) is 5.46. The minimum absolute atomic E-state index is 0.0430. The summed E-state index contributed by atoms with van der Waals surface area (Å²) in [4.78, 5) is 2.33. The molecule has 0 spiro atoms. The predicted molar refractivity (Wildman–Crippen MR) is 67.4 cm³/mol. The van der Waals surface area contributed by atoms with E-state index in [0.29, 0.717) is 12.6 Å². The van der Waals surface area contributed by atoms with E-state index >= 15 is 0 Å². The Morgan fingerprint density at radius 1 is 1.50 bits per heavy atom. The van der Waals surface area contributed by atoms with E-state index in [4.69, 9.17) is 5.73 Å². The first kappa shape index (κ1) is 13.9. The van der Waals surface area contributed by atoms with Gasteiger partial charge in [-0.1, -0.05) is 0 Å². The average molecular weight is 229 g/mol. The quantitative estimate of drug-likeness (QED) is 0.628. The van der Waals surface area contributed by atoms with Gasteiger partial charge < -0.3 is 21.1 Å². The molecule has 0 saturated carbocycles. The van der Waals surface area contributed by atoms with Crippen LogP contribution in [0.5, 0.6) is 0 Å². The summed E-state index contributed by atoms with van der Waals surface area (Å²) in [5, 5.41) is 13.0. The van der Waals surface area contributed by atoms with Crippen LogP contribution in [0, 0.1) is 0 Å². The van der Waals surface area contributed by atoms with Gasteiger partial charge in [0.15, 0.2) is 0 Å². The van der Waals surface area contributed by atoms with Crippen molar-refractivity contribution in [2.45, 2.75) is 50.8 Å². The standard InChI is InChI=1S/C12H27N3O/c1-10(7-11(2)16)14-12(8-13)5-4-6-15(3)9-12/h10-11,14,16H,4-9,13H2,1-3H3. The molecule has 1 saturated heterocycles. The van der Waals surface area contributed by atoms with Crippen LogP contribution in [0.25, 0.3) is 0 Å². The Morgan fingerprint density at radius 2 is 2.19 bits per heavy atom. The number of rotatable bonds is 5. The van der Waals surface area contributed by atoms with Gasteiger partial charge in [0.2, 0.25) is 0 Å². The molecule has 4 N–H and O–H groups in total. The van der Waals surface area contributed by atoms with Crippen LogP contribution in [0.4, 0.5) is 0 Å². The molecule has 1 fully saturated rings. The van der Waals surface area contributed by atoms with Crippen molar-refractivity contribution in [1.29, 1.82) is 0 Å². The van der Waals surface area contributed by atoms with Gasteiger partial charge >= 0.3 is 0 Å². The Bertz CT molecular complexity index is 210. The van der Waals surface area contributed by atoms with E-state index in [1.54, 1.807) is 0 Å². The van der Waals surface area contributed by atoms with E-state index in [0.717, 1.165) is 25.9 Å². The van der Waals surface area contributed by atoms with Gasteiger partial charge in [-0.2, -0.15) is 0 Å². The van der Waals surface area contributed by atoms with Gasteiger partial charge in [-0.15, -0.1) is 0 Å². The highest BCUT2D eigenvalue weighted by molar-refractivity contribution is 4.96. The highest BCUT2D eigenvalue weighted by atomic mass is 16.3. The van der Waals surface area contributed by atoms with E-state index in [-0.39, 0.29) is 11.6 Å². The lowest BCUT2D eigenvalue weighted by atomic mass is 9.88. The van der Waals surface area contributed by atoms with Gasteiger partial charge in [0.05, 0.1) is 6.10 Å². The highest BCUT2D eigenvalue weighted by Crippen LogP contribution is 2.20. The zero-order valence-electron chi connectivity index (χ0n) is 10.9. The van der Waals surface area contributed by atoms with Gasteiger partial charge in [0.25, 0.3) is 0 Å². The Balaban J connectivity index is 2.52. The molecule has 0 amide bonds. The summed E-state index contributed by atoms with van der Waals surface area (Å²) < 4.78 is 0. The van der Waals surface area contributed by atoms with Crippen molar-refractivity contribution in [3.63, 3.8) is 0 Å². The fourth-order valence-electron chi connectivity index (χ4n) is 2.80. The maximum absolute atomic E-state index is 9.38. The molecule has 0 radical (unpaired) electrons. The summed E-state index contributed by atoms with van der Waals surface area (Å²) in [6, 6.07) is 0.315. The van der Waals surface area contributed by atoms with Crippen molar-refractivity contribution in [1.82, 2.24) is 10.2 Å². The third kappa shape index (κ3) is 4.01. The fraction of sp³-hybridized carbons (Fsp3) is 1.00. The summed E-state index contributed by atoms with van der Waals surface area (Å²) >= 11 is 0. The van der Waals surface area contributed by atoms with E-state index in [2.05, 4.69) is 24.2 Å². The monoisotopic (exact) mass is 229 g/mol. The second-order valence-electron chi connectivity index (χ2n) is 5.46. The van der Waals surface area contributed by atoms with Crippen LogP contribution in [0.15, 0.2) is 0 Å². The van der Waals surface area contributed by atoms with Crippen LogP contribution in [-0.4, -0.2) is 54.4 Å². The van der Waals surface area contributed by atoms with Crippen LogP contribution >= 0.6 is 0 Å². The maximum Gasteiger partial charge on any atom is 0.0526 e. The SMILES string of the molecule is CC(O)CC(C)NC1(CN)CCCN(C)C1. The second kappa shape index (κ2) is 5.96. The smallest absolute Gasteiger partial charge is 0.0526 e. The van der Waals surface area contributed by atoms with Gasteiger partial charge in [-0.25, -0.2) is 0 Å². The van der Waals surface area contributed by atoms with Gasteiger partial charge in [-0.05, 0) is 46.7 Å². The van der Waals surface area contributed by atoms with Crippen molar-refractivity contribution in [2.24, 2.45) is 5.73 Å². The number of nitrogens with zero attached hydrogens (tertiary/aromatic N) is 1. The number of likely N-dealkylation sites (tertiary alicyclic amines) is 1. The summed E-state index contributed by atoms with van der Waals surface area (Å²) in [5.74, 6) is 0. The third-order valence-corrected chi connectivity index (χ3v) is 3.41. The van der Waals surface area contributed by atoms with Crippen molar-refractivity contribution in [2.75, 3.05) is 26.7 Å². The number of piperidine rings is 1. The number of aliphatic hydroxyl groups is 1. The Hall–Kier alpha value is -0.160. The first-order valence-corrected chi connectivity index (χ1v) is 6.32. The molecule has 1 aliphatic heterocycles. The van der Waals surface area contributed by atoms with Gasteiger partial charge in [-0.3, -0.25) is 0 Å². The molecule has 96 valence electrons. The normalized spacial score (nSPS) is 31.3. The molecule has 0 bridgehead atoms. The van der Waals surface area contributed by atoms with E-state index in [1.807, 2.05) is 6.92 Å². The molecular formula is C12H27N3O. The molecule has 4 heteroatoms. The molecule has 1 aliphatic rings. The number of hydrogen-bond donors (Lipinski definition) is 3.